The number of hydrogen-bond acceptors (Lipinski definition) is 4. The Bertz CT molecular complexity index is 405. The van der Waals surface area contributed by atoms with Gasteiger partial charge in [-0.3, -0.25) is 4.90 Å². The van der Waals surface area contributed by atoms with Gasteiger partial charge in [-0.2, -0.15) is 0 Å². The van der Waals surface area contributed by atoms with E-state index in [-0.39, 0.29) is 0 Å². The van der Waals surface area contributed by atoms with E-state index in [4.69, 9.17) is 4.98 Å². The van der Waals surface area contributed by atoms with Crippen LogP contribution in [0.1, 0.15) is 48.3 Å². The molecule has 0 bridgehead atoms. The summed E-state index contributed by atoms with van der Waals surface area (Å²) in [6.07, 6.45) is 2.44. The maximum absolute atomic E-state index is 4.70. The van der Waals surface area contributed by atoms with Gasteiger partial charge in [0, 0.05) is 23.5 Å². The Morgan fingerprint density at radius 3 is 2.39 bits per heavy atom. The van der Waals surface area contributed by atoms with Crippen molar-refractivity contribution >= 4 is 11.3 Å². The molecule has 3 nitrogen and oxygen atoms in total. The van der Waals surface area contributed by atoms with Gasteiger partial charge in [-0.15, -0.1) is 11.3 Å². The maximum atomic E-state index is 4.70. The molecule has 1 fully saturated rings. The molecule has 102 valence electrons. The molecule has 1 aromatic heterocycles. The highest BCUT2D eigenvalue weighted by Crippen LogP contribution is 2.31. The fourth-order valence-corrected chi connectivity index (χ4v) is 3.67. The zero-order valence-electron chi connectivity index (χ0n) is 12.2. The van der Waals surface area contributed by atoms with Crippen LogP contribution in [0.2, 0.25) is 0 Å². The molecule has 18 heavy (non-hydrogen) atoms. The molecule has 1 aromatic rings. The first kappa shape index (κ1) is 14.0. The lowest BCUT2D eigenvalue weighted by Crippen LogP contribution is -2.50. The highest BCUT2D eigenvalue weighted by atomic mass is 32.1. The largest absolute Gasteiger partial charge is 0.314 e. The third kappa shape index (κ3) is 2.76. The summed E-state index contributed by atoms with van der Waals surface area (Å²) in [5, 5.41) is 4.64. The van der Waals surface area contributed by atoms with E-state index in [1.165, 1.54) is 28.4 Å². The minimum atomic E-state index is 0.323. The van der Waals surface area contributed by atoms with Crippen LogP contribution in [-0.4, -0.2) is 35.6 Å². The first-order chi connectivity index (χ1) is 8.45. The number of piperidine rings is 1. The molecule has 1 saturated heterocycles. The fraction of sp³-hybridized carbons (Fsp3) is 0.786. The second-order valence-electron chi connectivity index (χ2n) is 5.70. The first-order valence-corrected chi connectivity index (χ1v) is 7.64. The topological polar surface area (TPSA) is 28.2 Å². The maximum Gasteiger partial charge on any atom is 0.0900 e. The van der Waals surface area contributed by atoms with E-state index in [2.05, 4.69) is 45.0 Å². The molecule has 1 atom stereocenters. The molecule has 1 aliphatic heterocycles. The Labute approximate surface area is 115 Å². The highest BCUT2D eigenvalue weighted by Gasteiger charge is 2.31. The van der Waals surface area contributed by atoms with Gasteiger partial charge in [0.2, 0.25) is 0 Å². The Hall–Kier alpha value is -0.450. The minimum absolute atomic E-state index is 0.323. The average Bonchev–Trinajstić information content (AvgIpc) is 2.69. The molecule has 0 saturated carbocycles. The monoisotopic (exact) mass is 267 g/mol. The van der Waals surface area contributed by atoms with Gasteiger partial charge in [-0.25, -0.2) is 4.98 Å². The van der Waals surface area contributed by atoms with Gasteiger partial charge >= 0.3 is 0 Å². The molecule has 1 N–H and O–H groups in total. The lowest BCUT2D eigenvalue weighted by atomic mass is 9.89. The Morgan fingerprint density at radius 2 is 1.94 bits per heavy atom. The van der Waals surface area contributed by atoms with Gasteiger partial charge in [0.1, 0.15) is 0 Å². The number of rotatable bonds is 3. The molecule has 0 radical (unpaired) electrons. The quantitative estimate of drug-likeness (QED) is 0.913. The number of aryl methyl sites for hydroxylation is 2. The van der Waals surface area contributed by atoms with E-state index < -0.39 is 0 Å². The standard InChI is InChI=1S/C14H25N3S/c1-10(13-11(2)18-12(3)16-13)17-8-6-14(4,15-5)7-9-17/h10,15H,6-9H2,1-5H3. The van der Waals surface area contributed by atoms with Crippen LogP contribution >= 0.6 is 11.3 Å². The number of nitrogens with zero attached hydrogens (tertiary/aromatic N) is 2. The second-order valence-corrected chi connectivity index (χ2v) is 7.10. The van der Waals surface area contributed by atoms with Gasteiger partial charge in [0.15, 0.2) is 0 Å². The number of nitrogens with one attached hydrogen (secondary N) is 1. The third-order valence-electron chi connectivity index (χ3n) is 4.39. The summed E-state index contributed by atoms with van der Waals surface area (Å²) in [6, 6.07) is 0.455. The SMILES string of the molecule is CNC1(C)CCN(C(C)c2nc(C)sc2C)CC1. The molecule has 1 aliphatic rings. The molecule has 2 heterocycles. The molecular formula is C14H25N3S. The zero-order valence-corrected chi connectivity index (χ0v) is 13.0. The Kier molecular flexibility index (Phi) is 4.09. The molecule has 0 amide bonds. The number of hydrogen-bond donors (Lipinski definition) is 1. The normalized spacial score (nSPS) is 22.1. The van der Waals surface area contributed by atoms with Crippen molar-refractivity contribution in [3.63, 3.8) is 0 Å². The van der Waals surface area contributed by atoms with Crippen LogP contribution in [0.15, 0.2) is 0 Å². The summed E-state index contributed by atoms with van der Waals surface area (Å²) in [5.41, 5.74) is 1.61. The van der Waals surface area contributed by atoms with Gasteiger partial charge in [-0.1, -0.05) is 0 Å². The van der Waals surface area contributed by atoms with E-state index in [9.17, 15) is 0 Å². The van der Waals surface area contributed by atoms with Gasteiger partial charge < -0.3 is 5.32 Å². The van der Waals surface area contributed by atoms with E-state index >= 15 is 0 Å². The summed E-state index contributed by atoms with van der Waals surface area (Å²) >= 11 is 1.82. The predicted molar refractivity (Wildman–Crippen MR) is 78.3 cm³/mol. The van der Waals surface area contributed by atoms with Crippen LogP contribution in [-0.2, 0) is 0 Å². The van der Waals surface area contributed by atoms with Crippen LogP contribution in [0.3, 0.4) is 0 Å². The summed E-state index contributed by atoms with van der Waals surface area (Å²) in [5.74, 6) is 0. The molecule has 2 rings (SSSR count). The molecule has 4 heteroatoms. The van der Waals surface area contributed by atoms with Crippen molar-refractivity contribution in [2.24, 2.45) is 0 Å². The lowest BCUT2D eigenvalue weighted by molar-refractivity contribution is 0.115. The average molecular weight is 267 g/mol. The summed E-state index contributed by atoms with van der Waals surface area (Å²) in [4.78, 5) is 8.65. The Balaban J connectivity index is 2.04. The van der Waals surface area contributed by atoms with Crippen LogP contribution in [0, 0.1) is 13.8 Å². The van der Waals surface area contributed by atoms with Crippen molar-refractivity contribution in [2.75, 3.05) is 20.1 Å². The highest BCUT2D eigenvalue weighted by molar-refractivity contribution is 7.11. The molecule has 0 aromatic carbocycles. The van der Waals surface area contributed by atoms with Crippen LogP contribution in [0.4, 0.5) is 0 Å². The minimum Gasteiger partial charge on any atom is -0.314 e. The number of likely N-dealkylation sites (tertiary alicyclic amines) is 1. The van der Waals surface area contributed by atoms with Gasteiger partial charge in [0.25, 0.3) is 0 Å². The van der Waals surface area contributed by atoms with Crippen molar-refractivity contribution in [3.8, 4) is 0 Å². The van der Waals surface area contributed by atoms with E-state index in [1.807, 2.05) is 11.3 Å². The molecule has 0 spiro atoms. The van der Waals surface area contributed by atoms with Crippen molar-refractivity contribution < 1.29 is 0 Å². The van der Waals surface area contributed by atoms with E-state index in [0.717, 1.165) is 13.1 Å². The van der Waals surface area contributed by atoms with Crippen LogP contribution in [0.5, 0.6) is 0 Å². The zero-order chi connectivity index (χ0) is 13.3. The smallest absolute Gasteiger partial charge is 0.0900 e. The molecule has 1 unspecified atom stereocenters. The van der Waals surface area contributed by atoms with E-state index in [1.54, 1.807) is 0 Å². The molecular weight excluding hydrogens is 242 g/mol. The van der Waals surface area contributed by atoms with Crippen molar-refractivity contribution in [1.29, 1.82) is 0 Å². The summed E-state index contributed by atoms with van der Waals surface area (Å²) < 4.78 is 0. The van der Waals surface area contributed by atoms with Gasteiger partial charge in [-0.05, 0) is 47.6 Å². The fourth-order valence-electron chi connectivity index (χ4n) is 2.76. The van der Waals surface area contributed by atoms with Gasteiger partial charge in [0.05, 0.1) is 16.7 Å². The van der Waals surface area contributed by atoms with Crippen LogP contribution < -0.4 is 5.32 Å². The molecule has 0 aliphatic carbocycles. The third-order valence-corrected chi connectivity index (χ3v) is 5.29. The summed E-state index contributed by atoms with van der Waals surface area (Å²) in [7, 11) is 2.08. The lowest BCUT2D eigenvalue weighted by Gasteiger charge is -2.41. The number of thiazole rings is 1. The first-order valence-electron chi connectivity index (χ1n) is 6.82. The van der Waals surface area contributed by atoms with Crippen molar-refractivity contribution in [3.05, 3.63) is 15.6 Å². The van der Waals surface area contributed by atoms with Crippen molar-refractivity contribution in [2.45, 2.75) is 52.1 Å². The Morgan fingerprint density at radius 1 is 1.33 bits per heavy atom. The number of aromatic nitrogens is 1. The summed E-state index contributed by atoms with van der Waals surface area (Å²) in [6.45, 7) is 11.2. The second kappa shape index (κ2) is 5.27. The van der Waals surface area contributed by atoms with Crippen LogP contribution in [0.25, 0.3) is 0 Å². The predicted octanol–water partition coefficient (Wildman–Crippen LogP) is 2.89. The van der Waals surface area contributed by atoms with Crippen molar-refractivity contribution in [1.82, 2.24) is 15.2 Å². The van der Waals surface area contributed by atoms with E-state index in [0.29, 0.717) is 11.6 Å².